The van der Waals surface area contributed by atoms with Crippen LogP contribution in [0.5, 0.6) is 5.88 Å². The molecule has 0 aliphatic rings. The van der Waals surface area contributed by atoms with Crippen molar-refractivity contribution in [1.29, 1.82) is 0 Å². The smallest absolute Gasteiger partial charge is 0.215 e. The molecule has 92 valence electrons. The fourth-order valence-electron chi connectivity index (χ4n) is 1.84. The van der Waals surface area contributed by atoms with Gasteiger partial charge in [0, 0.05) is 11.6 Å². The van der Waals surface area contributed by atoms with Gasteiger partial charge in [-0.3, -0.25) is 4.57 Å². The van der Waals surface area contributed by atoms with Gasteiger partial charge in [0.25, 0.3) is 0 Å². The molecule has 0 saturated heterocycles. The first-order valence-corrected chi connectivity index (χ1v) is 5.83. The van der Waals surface area contributed by atoms with E-state index >= 15 is 0 Å². The fraction of sp³-hybridized carbons (Fsp3) is 0.167. The number of aromatic nitrogens is 3. The van der Waals surface area contributed by atoms with Gasteiger partial charge in [0.05, 0.1) is 31.7 Å². The molecule has 0 spiro atoms. The molecule has 0 aliphatic carbocycles. The number of rotatable bonds is 3. The molecule has 6 heteroatoms. The van der Waals surface area contributed by atoms with Crippen LogP contribution in [-0.2, 0) is 6.54 Å². The van der Waals surface area contributed by atoms with E-state index in [1.807, 2.05) is 16.7 Å². The minimum Gasteiger partial charge on any atom is -0.481 e. The summed E-state index contributed by atoms with van der Waals surface area (Å²) in [5.41, 5.74) is 2.71. The minimum atomic E-state index is 0.567. The van der Waals surface area contributed by atoms with Crippen molar-refractivity contribution in [3.05, 3.63) is 41.1 Å². The molecular formula is C12H11N3O2S. The molecule has 3 rings (SSSR count). The molecule has 3 heterocycles. The van der Waals surface area contributed by atoms with Crippen molar-refractivity contribution in [2.75, 3.05) is 7.11 Å². The number of nitrogens with zero attached hydrogens (tertiary/aromatic N) is 2. The number of imidazole rings is 1. The van der Waals surface area contributed by atoms with E-state index < -0.39 is 0 Å². The molecule has 0 aromatic carbocycles. The van der Waals surface area contributed by atoms with E-state index in [0.29, 0.717) is 17.2 Å². The zero-order chi connectivity index (χ0) is 12.5. The number of furan rings is 1. The maximum Gasteiger partial charge on any atom is 0.215 e. The predicted molar refractivity (Wildman–Crippen MR) is 69.3 cm³/mol. The van der Waals surface area contributed by atoms with E-state index in [-0.39, 0.29) is 0 Å². The molecule has 0 fully saturated rings. The molecule has 0 saturated carbocycles. The third-order valence-electron chi connectivity index (χ3n) is 2.72. The van der Waals surface area contributed by atoms with Crippen molar-refractivity contribution in [1.82, 2.24) is 14.5 Å². The van der Waals surface area contributed by atoms with Crippen LogP contribution in [0.3, 0.4) is 0 Å². The first-order chi connectivity index (χ1) is 8.78. The van der Waals surface area contributed by atoms with Crippen LogP contribution >= 0.6 is 12.2 Å². The zero-order valence-electron chi connectivity index (χ0n) is 9.71. The number of hydrogen-bond acceptors (Lipinski definition) is 4. The van der Waals surface area contributed by atoms with Crippen LogP contribution in [0.15, 0.2) is 35.1 Å². The molecule has 0 bridgehead atoms. The average molecular weight is 261 g/mol. The lowest BCUT2D eigenvalue weighted by Gasteiger charge is -2.02. The van der Waals surface area contributed by atoms with Crippen molar-refractivity contribution < 1.29 is 9.15 Å². The summed E-state index contributed by atoms with van der Waals surface area (Å²) < 4.78 is 12.7. The van der Waals surface area contributed by atoms with Gasteiger partial charge in [-0.1, -0.05) is 0 Å². The normalized spacial score (nSPS) is 10.9. The third-order valence-corrected chi connectivity index (χ3v) is 3.04. The summed E-state index contributed by atoms with van der Waals surface area (Å²) in [5, 5.41) is 0. The zero-order valence-corrected chi connectivity index (χ0v) is 10.5. The minimum absolute atomic E-state index is 0.567. The lowest BCUT2D eigenvalue weighted by atomic mass is 10.3. The Balaban J connectivity index is 2.14. The third kappa shape index (κ3) is 1.80. The Morgan fingerprint density at radius 1 is 1.44 bits per heavy atom. The van der Waals surface area contributed by atoms with Crippen molar-refractivity contribution in [2.45, 2.75) is 6.54 Å². The van der Waals surface area contributed by atoms with Crippen LogP contribution < -0.4 is 4.74 Å². The lowest BCUT2D eigenvalue weighted by molar-refractivity contribution is 0.399. The summed E-state index contributed by atoms with van der Waals surface area (Å²) in [6.07, 6.45) is 3.34. The number of nitrogens with one attached hydrogen (secondary N) is 1. The largest absolute Gasteiger partial charge is 0.481 e. The molecule has 3 aromatic heterocycles. The van der Waals surface area contributed by atoms with E-state index in [4.69, 9.17) is 21.4 Å². The predicted octanol–water partition coefficient (Wildman–Crippen LogP) is 2.74. The second-order valence-electron chi connectivity index (χ2n) is 3.87. The Bertz CT molecular complexity index is 727. The van der Waals surface area contributed by atoms with Crippen molar-refractivity contribution in [3.63, 3.8) is 0 Å². The average Bonchev–Trinajstić information content (AvgIpc) is 2.99. The maximum absolute atomic E-state index is 5.30. The van der Waals surface area contributed by atoms with E-state index in [9.17, 15) is 0 Å². The number of ether oxygens (including phenoxy) is 1. The summed E-state index contributed by atoms with van der Waals surface area (Å²) in [7, 11) is 1.59. The molecular weight excluding hydrogens is 250 g/mol. The van der Waals surface area contributed by atoms with E-state index in [0.717, 1.165) is 16.7 Å². The van der Waals surface area contributed by atoms with Gasteiger partial charge >= 0.3 is 0 Å². The number of hydrogen-bond donors (Lipinski definition) is 1. The fourth-order valence-corrected chi connectivity index (χ4v) is 2.10. The molecule has 0 aliphatic heterocycles. The molecule has 3 aromatic rings. The van der Waals surface area contributed by atoms with Gasteiger partial charge in [-0.15, -0.1) is 0 Å². The molecule has 5 nitrogen and oxygen atoms in total. The van der Waals surface area contributed by atoms with Gasteiger partial charge in [0.1, 0.15) is 0 Å². The summed E-state index contributed by atoms with van der Waals surface area (Å²) in [4.78, 5) is 7.53. The number of aromatic amines is 1. The number of fused-ring (bicyclic) bond motifs is 1. The standard InChI is InChI=1S/C12H11N3O2S/c1-16-10-3-2-9-11(14-10)15(12(18)13-9)6-8-4-5-17-7-8/h2-5,7H,6H2,1H3,(H,13,18). The van der Waals surface area contributed by atoms with Gasteiger partial charge < -0.3 is 14.1 Å². The van der Waals surface area contributed by atoms with Crippen molar-refractivity contribution in [2.24, 2.45) is 0 Å². The summed E-state index contributed by atoms with van der Waals surface area (Å²) in [6, 6.07) is 5.61. The summed E-state index contributed by atoms with van der Waals surface area (Å²) >= 11 is 5.30. The van der Waals surface area contributed by atoms with Crippen molar-refractivity contribution in [3.8, 4) is 5.88 Å². The Hall–Kier alpha value is -2.08. The lowest BCUT2D eigenvalue weighted by Crippen LogP contribution is -2.00. The number of pyridine rings is 1. The van der Waals surface area contributed by atoms with Gasteiger partial charge in [0.15, 0.2) is 10.4 Å². The molecule has 1 N–H and O–H groups in total. The Morgan fingerprint density at radius 3 is 3.06 bits per heavy atom. The second kappa shape index (κ2) is 4.30. The Morgan fingerprint density at radius 2 is 2.33 bits per heavy atom. The van der Waals surface area contributed by atoms with Gasteiger partial charge in [-0.2, -0.15) is 4.98 Å². The van der Waals surface area contributed by atoms with Crippen LogP contribution in [0.2, 0.25) is 0 Å². The molecule has 0 amide bonds. The quantitative estimate of drug-likeness (QED) is 0.736. The first-order valence-electron chi connectivity index (χ1n) is 5.42. The number of H-pyrrole nitrogens is 1. The molecule has 18 heavy (non-hydrogen) atoms. The summed E-state index contributed by atoms with van der Waals surface area (Å²) in [5.74, 6) is 0.567. The highest BCUT2D eigenvalue weighted by molar-refractivity contribution is 7.71. The van der Waals surface area contributed by atoms with E-state index in [2.05, 4.69) is 9.97 Å². The molecule has 0 unspecified atom stereocenters. The van der Waals surface area contributed by atoms with Crippen LogP contribution in [0.4, 0.5) is 0 Å². The van der Waals surface area contributed by atoms with Crippen molar-refractivity contribution >= 4 is 23.4 Å². The van der Waals surface area contributed by atoms with Gasteiger partial charge in [-0.25, -0.2) is 0 Å². The van der Waals surface area contributed by atoms with Gasteiger partial charge in [-0.05, 0) is 24.4 Å². The first kappa shape index (κ1) is 11.0. The highest BCUT2D eigenvalue weighted by Crippen LogP contribution is 2.17. The second-order valence-corrected chi connectivity index (χ2v) is 4.26. The SMILES string of the molecule is COc1ccc2[nH]c(=S)n(Cc3ccoc3)c2n1. The molecule has 0 atom stereocenters. The van der Waals surface area contributed by atoms with E-state index in [1.165, 1.54) is 0 Å². The van der Waals surface area contributed by atoms with E-state index in [1.54, 1.807) is 25.7 Å². The van der Waals surface area contributed by atoms with Crippen LogP contribution in [-0.4, -0.2) is 21.6 Å². The van der Waals surface area contributed by atoms with Gasteiger partial charge in [0.2, 0.25) is 5.88 Å². The Labute approximate surface area is 108 Å². The monoisotopic (exact) mass is 261 g/mol. The highest BCUT2D eigenvalue weighted by Gasteiger charge is 2.08. The molecule has 0 radical (unpaired) electrons. The topological polar surface area (TPSA) is 56.0 Å². The van der Waals surface area contributed by atoms with Crippen LogP contribution in [0, 0.1) is 4.77 Å². The summed E-state index contributed by atoms with van der Waals surface area (Å²) in [6.45, 7) is 0.621. The van der Waals surface area contributed by atoms with Crippen LogP contribution in [0.1, 0.15) is 5.56 Å². The maximum atomic E-state index is 5.30. The highest BCUT2D eigenvalue weighted by atomic mass is 32.1. The number of methoxy groups -OCH3 is 1. The van der Waals surface area contributed by atoms with Crippen LogP contribution in [0.25, 0.3) is 11.2 Å². The Kier molecular flexibility index (Phi) is 2.64.